The van der Waals surface area contributed by atoms with Gasteiger partial charge in [0.1, 0.15) is 6.33 Å². The molecule has 2 aromatic heterocycles. The van der Waals surface area contributed by atoms with Gasteiger partial charge in [0.15, 0.2) is 0 Å². The van der Waals surface area contributed by atoms with Crippen molar-refractivity contribution in [2.45, 2.75) is 32.2 Å². The van der Waals surface area contributed by atoms with Gasteiger partial charge in [-0.3, -0.25) is 9.36 Å². The van der Waals surface area contributed by atoms with Crippen LogP contribution >= 0.6 is 23.7 Å². The molecule has 31 heavy (non-hydrogen) atoms. The number of aryl methyl sites for hydroxylation is 2. The number of hydrogen-bond acceptors (Lipinski definition) is 5. The van der Waals surface area contributed by atoms with E-state index in [4.69, 9.17) is 5.73 Å². The lowest BCUT2D eigenvalue weighted by molar-refractivity contribution is -0.116. The molecule has 0 fully saturated rings. The Labute approximate surface area is 188 Å². The fourth-order valence-electron chi connectivity index (χ4n) is 3.75. The highest BCUT2D eigenvalue weighted by atomic mass is 35.5. The van der Waals surface area contributed by atoms with Crippen LogP contribution in [0.1, 0.15) is 34.9 Å². The van der Waals surface area contributed by atoms with Crippen LogP contribution in [-0.2, 0) is 11.2 Å². The lowest BCUT2D eigenvalue weighted by atomic mass is 9.96. The number of nitrogens with one attached hydrogen (secondary N) is 2. The van der Waals surface area contributed by atoms with Gasteiger partial charge in [-0.25, -0.2) is 14.3 Å². The summed E-state index contributed by atoms with van der Waals surface area (Å²) in [5, 5.41) is 9.16. The maximum Gasteiger partial charge on any atom is 0.343 e. The van der Waals surface area contributed by atoms with E-state index in [0.29, 0.717) is 24.7 Å². The molecule has 3 aromatic rings. The normalized spacial score (nSPS) is 14.5. The van der Waals surface area contributed by atoms with E-state index in [2.05, 4.69) is 21.6 Å². The zero-order valence-electron chi connectivity index (χ0n) is 16.9. The summed E-state index contributed by atoms with van der Waals surface area (Å²) in [5.74, 6) is 0.0433. The SMILES string of the molecule is Cc1cc(-c2ccc(C(C/C(=C\F)CN)n3cn[nH]c3=O)s2)cc2c1NC(=O)CC2.Cl. The van der Waals surface area contributed by atoms with Crippen LogP contribution < -0.4 is 16.7 Å². The van der Waals surface area contributed by atoms with Gasteiger partial charge in [-0.15, -0.1) is 23.7 Å². The summed E-state index contributed by atoms with van der Waals surface area (Å²) in [6.45, 7) is 2.06. The monoisotopic (exact) mass is 463 g/mol. The summed E-state index contributed by atoms with van der Waals surface area (Å²) in [5.41, 5.74) is 9.79. The minimum atomic E-state index is -0.404. The van der Waals surface area contributed by atoms with Crippen LogP contribution in [0.25, 0.3) is 10.4 Å². The Balaban J connectivity index is 0.00000272. The summed E-state index contributed by atoms with van der Waals surface area (Å²) >= 11 is 1.54. The number of carbonyl (C=O) groups excluding carboxylic acids is 1. The molecule has 0 radical (unpaired) electrons. The molecular weight excluding hydrogens is 441 g/mol. The van der Waals surface area contributed by atoms with Crippen molar-refractivity contribution in [2.75, 3.05) is 11.9 Å². The predicted molar refractivity (Wildman–Crippen MR) is 123 cm³/mol. The second kappa shape index (κ2) is 9.59. The van der Waals surface area contributed by atoms with Gasteiger partial charge < -0.3 is 11.1 Å². The molecule has 0 spiro atoms. The van der Waals surface area contributed by atoms with Crippen molar-refractivity contribution in [3.05, 3.63) is 69.0 Å². The van der Waals surface area contributed by atoms with Gasteiger partial charge in [0.2, 0.25) is 5.91 Å². The second-order valence-corrected chi connectivity index (χ2v) is 8.45. The van der Waals surface area contributed by atoms with Crippen LogP contribution in [0.2, 0.25) is 0 Å². The number of nitrogens with two attached hydrogens (primary N) is 1. The molecule has 4 rings (SSSR count). The first-order valence-electron chi connectivity index (χ1n) is 9.63. The molecule has 1 unspecified atom stereocenters. The van der Waals surface area contributed by atoms with Gasteiger partial charge in [-0.2, -0.15) is 5.10 Å². The molecule has 164 valence electrons. The maximum atomic E-state index is 13.2. The number of halogens is 2. The van der Waals surface area contributed by atoms with E-state index in [1.54, 1.807) is 11.3 Å². The van der Waals surface area contributed by atoms with Crippen LogP contribution in [0.5, 0.6) is 0 Å². The minimum absolute atomic E-state index is 0. The highest BCUT2D eigenvalue weighted by molar-refractivity contribution is 7.15. The average Bonchev–Trinajstić information content (AvgIpc) is 3.39. The molecule has 0 saturated heterocycles. The second-order valence-electron chi connectivity index (χ2n) is 7.34. The molecule has 1 aliphatic rings. The number of anilines is 1. The molecule has 10 heteroatoms. The summed E-state index contributed by atoms with van der Waals surface area (Å²) in [7, 11) is 0. The number of H-pyrrole nitrogens is 1. The van der Waals surface area contributed by atoms with E-state index in [9.17, 15) is 14.0 Å². The minimum Gasteiger partial charge on any atom is -0.327 e. The van der Waals surface area contributed by atoms with Crippen molar-refractivity contribution in [2.24, 2.45) is 5.73 Å². The predicted octanol–water partition coefficient (Wildman–Crippen LogP) is 3.71. The number of rotatable bonds is 6. The van der Waals surface area contributed by atoms with Gasteiger partial charge in [0.25, 0.3) is 0 Å². The van der Waals surface area contributed by atoms with Gasteiger partial charge in [-0.1, -0.05) is 0 Å². The van der Waals surface area contributed by atoms with Gasteiger partial charge >= 0.3 is 5.69 Å². The molecule has 1 amide bonds. The first kappa shape index (κ1) is 22.9. The third-order valence-electron chi connectivity index (χ3n) is 5.33. The Hall–Kier alpha value is -2.75. The fourth-order valence-corrected chi connectivity index (χ4v) is 4.85. The molecule has 0 aliphatic carbocycles. The summed E-state index contributed by atoms with van der Waals surface area (Å²) in [6.07, 6.45) is 3.40. The van der Waals surface area contributed by atoms with Crippen LogP contribution in [0.15, 0.2) is 47.3 Å². The summed E-state index contributed by atoms with van der Waals surface area (Å²) < 4.78 is 14.7. The summed E-state index contributed by atoms with van der Waals surface area (Å²) in [6, 6.07) is 7.70. The van der Waals surface area contributed by atoms with Gasteiger partial charge in [-0.05, 0) is 66.3 Å². The first-order valence-corrected chi connectivity index (χ1v) is 10.4. The molecule has 3 heterocycles. The number of nitrogens with zero attached hydrogens (tertiary/aromatic N) is 2. The third kappa shape index (κ3) is 4.63. The van der Waals surface area contributed by atoms with Gasteiger partial charge in [0.05, 0.1) is 12.4 Å². The van der Waals surface area contributed by atoms with E-state index in [0.717, 1.165) is 32.1 Å². The van der Waals surface area contributed by atoms with Crippen LogP contribution in [0.3, 0.4) is 0 Å². The average molecular weight is 464 g/mol. The van der Waals surface area contributed by atoms with Crippen LogP contribution in [-0.4, -0.2) is 27.2 Å². The van der Waals surface area contributed by atoms with Crippen molar-refractivity contribution >= 4 is 35.3 Å². The quantitative estimate of drug-likeness (QED) is 0.518. The molecular formula is C21H23ClFN5O2S. The molecule has 4 N–H and O–H groups in total. The van der Waals surface area contributed by atoms with Crippen LogP contribution in [0, 0.1) is 6.92 Å². The zero-order chi connectivity index (χ0) is 21.3. The summed E-state index contributed by atoms with van der Waals surface area (Å²) in [4.78, 5) is 25.8. The number of fused-ring (bicyclic) bond motifs is 1. The third-order valence-corrected chi connectivity index (χ3v) is 6.56. The number of aromatic nitrogens is 3. The van der Waals surface area contributed by atoms with Crippen molar-refractivity contribution in [1.82, 2.24) is 14.8 Å². The Kier molecular flexibility index (Phi) is 7.09. The zero-order valence-corrected chi connectivity index (χ0v) is 18.5. The fraction of sp³-hybridized carbons (Fsp3) is 0.286. The highest BCUT2D eigenvalue weighted by Gasteiger charge is 2.22. The number of hydrogen-bond donors (Lipinski definition) is 3. The van der Waals surface area contributed by atoms with Gasteiger partial charge in [0, 0.05) is 28.4 Å². The molecule has 1 aromatic carbocycles. The lowest BCUT2D eigenvalue weighted by Gasteiger charge is -2.20. The number of carbonyl (C=O) groups is 1. The van der Waals surface area contributed by atoms with E-state index >= 15 is 0 Å². The Morgan fingerprint density at radius 1 is 1.35 bits per heavy atom. The standard InChI is InChI=1S/C21H22FN5O2S.ClH/c1-12-6-15(8-14-2-5-19(28)25-20(12)14)17-3-4-18(30-17)16(7-13(9-22)10-23)27-11-24-26-21(27)29;/h3-4,6,8-9,11,16H,2,5,7,10,23H2,1H3,(H,25,28)(H,26,29);1H/b13-9+;. The van der Waals surface area contributed by atoms with E-state index < -0.39 is 6.04 Å². The smallest absolute Gasteiger partial charge is 0.327 e. The van der Waals surface area contributed by atoms with Crippen molar-refractivity contribution in [3.8, 4) is 10.4 Å². The van der Waals surface area contributed by atoms with Crippen LogP contribution in [0.4, 0.5) is 10.1 Å². The van der Waals surface area contributed by atoms with Crippen molar-refractivity contribution in [3.63, 3.8) is 0 Å². The van der Waals surface area contributed by atoms with Crippen molar-refractivity contribution in [1.29, 1.82) is 0 Å². The lowest BCUT2D eigenvalue weighted by Crippen LogP contribution is -2.23. The number of benzene rings is 1. The molecule has 0 saturated carbocycles. The Morgan fingerprint density at radius 2 is 2.16 bits per heavy atom. The molecule has 0 bridgehead atoms. The Bertz CT molecular complexity index is 1180. The maximum absolute atomic E-state index is 13.2. The van der Waals surface area contributed by atoms with E-state index in [-0.39, 0.29) is 37.0 Å². The molecule has 1 aliphatic heterocycles. The van der Waals surface area contributed by atoms with E-state index in [1.165, 1.54) is 10.9 Å². The van der Waals surface area contributed by atoms with Crippen molar-refractivity contribution < 1.29 is 9.18 Å². The molecule has 7 nitrogen and oxygen atoms in total. The largest absolute Gasteiger partial charge is 0.343 e. The topological polar surface area (TPSA) is 106 Å². The number of aromatic amines is 1. The highest BCUT2D eigenvalue weighted by Crippen LogP contribution is 2.38. The molecule has 1 atom stereocenters. The van der Waals surface area contributed by atoms with E-state index in [1.807, 2.05) is 25.1 Å². The first-order chi connectivity index (χ1) is 14.5. The number of amides is 1. The number of thiophene rings is 1. The Morgan fingerprint density at radius 3 is 2.84 bits per heavy atom.